The van der Waals surface area contributed by atoms with Gasteiger partial charge in [0.15, 0.2) is 0 Å². The fourth-order valence-electron chi connectivity index (χ4n) is 4.55. The number of likely N-dealkylation sites (tertiary alicyclic amines) is 1. The highest BCUT2D eigenvalue weighted by molar-refractivity contribution is 5.79. The van der Waals surface area contributed by atoms with Gasteiger partial charge < -0.3 is 15.4 Å². The summed E-state index contributed by atoms with van der Waals surface area (Å²) in [4.78, 5) is 14.9. The van der Waals surface area contributed by atoms with Gasteiger partial charge in [0.25, 0.3) is 0 Å². The topological polar surface area (TPSA) is 55.6 Å². The molecule has 1 aromatic carbocycles. The van der Waals surface area contributed by atoms with Crippen molar-refractivity contribution in [3.05, 3.63) is 35.9 Å². The zero-order valence-corrected chi connectivity index (χ0v) is 13.0. The monoisotopic (exact) mass is 300 g/mol. The molecule has 3 aliphatic heterocycles. The van der Waals surface area contributed by atoms with E-state index in [4.69, 9.17) is 10.5 Å². The van der Waals surface area contributed by atoms with Gasteiger partial charge >= 0.3 is 0 Å². The van der Waals surface area contributed by atoms with Crippen molar-refractivity contribution in [2.45, 2.75) is 38.0 Å². The molecule has 0 saturated carbocycles. The van der Waals surface area contributed by atoms with Crippen LogP contribution in [0.2, 0.25) is 0 Å². The minimum Gasteiger partial charge on any atom is -0.374 e. The molecule has 4 nitrogen and oxygen atoms in total. The van der Waals surface area contributed by atoms with Crippen molar-refractivity contribution in [2.75, 3.05) is 13.1 Å². The molecule has 0 aliphatic carbocycles. The summed E-state index contributed by atoms with van der Waals surface area (Å²) in [6, 6.07) is 9.69. The van der Waals surface area contributed by atoms with Crippen molar-refractivity contribution in [3.8, 4) is 0 Å². The average Bonchev–Trinajstić information content (AvgIpc) is 3.25. The molecule has 6 atom stereocenters. The van der Waals surface area contributed by atoms with Crippen molar-refractivity contribution in [1.29, 1.82) is 0 Å². The first kappa shape index (κ1) is 14.2. The van der Waals surface area contributed by atoms with Gasteiger partial charge in [0.2, 0.25) is 5.91 Å². The van der Waals surface area contributed by atoms with Crippen molar-refractivity contribution in [1.82, 2.24) is 4.90 Å². The molecule has 22 heavy (non-hydrogen) atoms. The largest absolute Gasteiger partial charge is 0.374 e. The van der Waals surface area contributed by atoms with Crippen LogP contribution in [0.5, 0.6) is 0 Å². The molecule has 4 rings (SSSR count). The zero-order chi connectivity index (χ0) is 15.3. The summed E-state index contributed by atoms with van der Waals surface area (Å²) in [7, 11) is 0. The number of benzene rings is 1. The summed E-state index contributed by atoms with van der Waals surface area (Å²) in [6.07, 6.45) is 3.14. The van der Waals surface area contributed by atoms with Crippen molar-refractivity contribution >= 4 is 5.91 Å². The maximum atomic E-state index is 12.8. The number of nitrogens with two attached hydrogens (primary N) is 1. The SMILES string of the molecule is CC(C(=O)N1CC2C3CCC(O3)C2C1)C(N)c1ccccc1. The Morgan fingerprint density at radius 2 is 1.77 bits per heavy atom. The van der Waals surface area contributed by atoms with Crippen LogP contribution in [0.15, 0.2) is 30.3 Å². The Labute approximate surface area is 131 Å². The van der Waals surface area contributed by atoms with Crippen LogP contribution >= 0.6 is 0 Å². The summed E-state index contributed by atoms with van der Waals surface area (Å²) >= 11 is 0. The smallest absolute Gasteiger partial charge is 0.227 e. The first-order valence-electron chi connectivity index (χ1n) is 8.40. The van der Waals surface area contributed by atoms with Gasteiger partial charge in [-0.2, -0.15) is 0 Å². The quantitative estimate of drug-likeness (QED) is 0.928. The van der Waals surface area contributed by atoms with Crippen molar-refractivity contribution in [2.24, 2.45) is 23.5 Å². The highest BCUT2D eigenvalue weighted by Gasteiger charge is 2.54. The second-order valence-corrected chi connectivity index (χ2v) is 7.09. The molecule has 3 aliphatic rings. The van der Waals surface area contributed by atoms with Crippen LogP contribution in [0.3, 0.4) is 0 Å². The van der Waals surface area contributed by atoms with E-state index in [-0.39, 0.29) is 17.9 Å². The molecule has 0 aromatic heterocycles. The Balaban J connectivity index is 1.44. The number of nitrogens with zero attached hydrogens (tertiary/aromatic N) is 1. The van der Waals surface area contributed by atoms with Gasteiger partial charge in [-0.3, -0.25) is 4.79 Å². The zero-order valence-electron chi connectivity index (χ0n) is 13.0. The average molecular weight is 300 g/mol. The summed E-state index contributed by atoms with van der Waals surface area (Å²) in [5.74, 6) is 1.13. The van der Waals surface area contributed by atoms with Gasteiger partial charge in [-0.15, -0.1) is 0 Å². The predicted octanol–water partition coefficient (Wildman–Crippen LogP) is 1.96. The van der Waals surface area contributed by atoms with Gasteiger partial charge in [-0.25, -0.2) is 0 Å². The van der Waals surface area contributed by atoms with E-state index in [1.807, 2.05) is 42.2 Å². The van der Waals surface area contributed by atoms with E-state index in [9.17, 15) is 4.79 Å². The van der Waals surface area contributed by atoms with Crippen molar-refractivity contribution < 1.29 is 9.53 Å². The fourth-order valence-corrected chi connectivity index (χ4v) is 4.55. The maximum absolute atomic E-state index is 12.8. The van der Waals surface area contributed by atoms with Crippen molar-refractivity contribution in [3.63, 3.8) is 0 Å². The van der Waals surface area contributed by atoms with E-state index in [1.54, 1.807) is 0 Å². The van der Waals surface area contributed by atoms with Gasteiger partial charge in [-0.05, 0) is 18.4 Å². The Morgan fingerprint density at radius 1 is 1.18 bits per heavy atom. The third-order valence-corrected chi connectivity index (χ3v) is 5.88. The van der Waals surface area contributed by atoms with Gasteiger partial charge in [0, 0.05) is 31.0 Å². The van der Waals surface area contributed by atoms with Crippen LogP contribution in [0, 0.1) is 17.8 Å². The van der Waals surface area contributed by atoms with Crippen LogP contribution < -0.4 is 5.73 Å². The Kier molecular flexibility index (Phi) is 3.46. The molecule has 0 radical (unpaired) electrons. The number of hydrogen-bond donors (Lipinski definition) is 1. The van der Waals surface area contributed by atoms with E-state index in [1.165, 1.54) is 12.8 Å². The highest BCUT2D eigenvalue weighted by Crippen LogP contribution is 2.47. The number of ether oxygens (including phenoxy) is 1. The number of rotatable bonds is 3. The lowest BCUT2D eigenvalue weighted by atomic mass is 9.82. The molecule has 1 amide bonds. The Morgan fingerprint density at radius 3 is 2.36 bits per heavy atom. The number of amides is 1. The van der Waals surface area contributed by atoms with E-state index in [0.717, 1.165) is 18.7 Å². The summed E-state index contributed by atoms with van der Waals surface area (Å²) < 4.78 is 5.98. The molecular formula is C18H24N2O2. The Bertz CT molecular complexity index is 543. The lowest BCUT2D eigenvalue weighted by Crippen LogP contribution is -2.39. The molecule has 3 heterocycles. The van der Waals surface area contributed by atoms with E-state index < -0.39 is 0 Å². The lowest BCUT2D eigenvalue weighted by molar-refractivity contribution is -0.135. The number of hydrogen-bond acceptors (Lipinski definition) is 3. The van der Waals surface area contributed by atoms with Gasteiger partial charge in [0.05, 0.1) is 18.1 Å². The minimum atomic E-state index is -0.234. The second-order valence-electron chi connectivity index (χ2n) is 7.09. The molecule has 4 heteroatoms. The van der Waals surface area contributed by atoms with Gasteiger partial charge in [-0.1, -0.05) is 37.3 Å². The molecule has 0 spiro atoms. The summed E-state index contributed by atoms with van der Waals surface area (Å²) in [5, 5.41) is 0. The summed E-state index contributed by atoms with van der Waals surface area (Å²) in [5.41, 5.74) is 7.35. The van der Waals surface area contributed by atoms with Crippen LogP contribution in [0.25, 0.3) is 0 Å². The van der Waals surface area contributed by atoms with Crippen LogP contribution in [0.1, 0.15) is 31.4 Å². The minimum absolute atomic E-state index is 0.181. The molecular weight excluding hydrogens is 276 g/mol. The molecule has 6 unspecified atom stereocenters. The highest BCUT2D eigenvalue weighted by atomic mass is 16.5. The molecule has 3 fully saturated rings. The van der Waals surface area contributed by atoms with Crippen LogP contribution in [0.4, 0.5) is 0 Å². The maximum Gasteiger partial charge on any atom is 0.227 e. The molecule has 2 bridgehead atoms. The number of carbonyl (C=O) groups is 1. The normalized spacial score (nSPS) is 35.5. The van der Waals surface area contributed by atoms with Gasteiger partial charge in [0.1, 0.15) is 0 Å². The standard InChI is InChI=1S/C18H24N2O2/c1-11(17(19)12-5-3-2-4-6-12)18(21)20-9-13-14(10-20)16-8-7-15(13)22-16/h2-6,11,13-17H,7-10,19H2,1H3. The van der Waals surface area contributed by atoms with E-state index in [2.05, 4.69) is 0 Å². The van der Waals surface area contributed by atoms with E-state index in [0.29, 0.717) is 24.0 Å². The molecule has 1 aromatic rings. The third kappa shape index (κ3) is 2.17. The van der Waals surface area contributed by atoms with Crippen LogP contribution in [-0.4, -0.2) is 36.1 Å². The first-order valence-corrected chi connectivity index (χ1v) is 8.40. The summed E-state index contributed by atoms with van der Waals surface area (Å²) in [6.45, 7) is 3.67. The molecule has 118 valence electrons. The predicted molar refractivity (Wildman–Crippen MR) is 84.0 cm³/mol. The number of fused-ring (bicyclic) bond motifs is 5. The third-order valence-electron chi connectivity index (χ3n) is 5.88. The van der Waals surface area contributed by atoms with Crippen LogP contribution in [-0.2, 0) is 9.53 Å². The number of carbonyl (C=O) groups excluding carboxylic acids is 1. The fraction of sp³-hybridized carbons (Fsp3) is 0.611. The molecule has 3 saturated heterocycles. The second kappa shape index (κ2) is 5.36. The lowest BCUT2D eigenvalue weighted by Gasteiger charge is -2.26. The van der Waals surface area contributed by atoms with E-state index >= 15 is 0 Å². The Hall–Kier alpha value is -1.39. The molecule has 2 N–H and O–H groups in total. The first-order chi connectivity index (χ1) is 10.6.